The molecule has 0 radical (unpaired) electrons. The first-order chi connectivity index (χ1) is 24.6. The molecule has 0 aliphatic carbocycles. The molecule has 11 rings (SSSR count). The summed E-state index contributed by atoms with van der Waals surface area (Å²) in [5.41, 5.74) is 11.1. The lowest BCUT2D eigenvalue weighted by Gasteiger charge is -2.07. The summed E-state index contributed by atoms with van der Waals surface area (Å²) in [6.45, 7) is 0. The molecule has 0 N–H and O–H groups in total. The Bertz CT molecular complexity index is 3310. The number of hydrogen-bond donors (Lipinski definition) is 0. The molecule has 0 spiro atoms. The highest BCUT2D eigenvalue weighted by molar-refractivity contribution is 6.36. The predicted octanol–water partition coefficient (Wildman–Crippen LogP) is 12.1. The van der Waals surface area contributed by atoms with Gasteiger partial charge in [0.2, 0.25) is 0 Å². The van der Waals surface area contributed by atoms with Crippen LogP contribution in [0.4, 0.5) is 0 Å². The van der Waals surface area contributed by atoms with Crippen LogP contribution < -0.4 is 0 Å². The lowest BCUT2D eigenvalue weighted by Crippen LogP contribution is -1.84. The van der Waals surface area contributed by atoms with Crippen molar-refractivity contribution >= 4 is 81.6 Å². The number of benzene rings is 8. The van der Waals surface area contributed by atoms with Crippen LogP contribution >= 0.6 is 0 Å². The normalized spacial score (nSPS) is 12.0. The number of nitriles is 2. The van der Waals surface area contributed by atoms with Crippen molar-refractivity contribution in [1.29, 1.82) is 10.5 Å². The van der Waals surface area contributed by atoms with Crippen molar-refractivity contribution in [2.75, 3.05) is 0 Å². The Labute approximate surface area is 285 Å². The van der Waals surface area contributed by atoms with Crippen LogP contribution in [0.1, 0.15) is 11.1 Å². The van der Waals surface area contributed by atoms with Gasteiger partial charge >= 0.3 is 0 Å². The second-order valence-electron chi connectivity index (χ2n) is 13.2. The van der Waals surface area contributed by atoms with Gasteiger partial charge in [0.25, 0.3) is 0 Å². The summed E-state index contributed by atoms with van der Waals surface area (Å²) in [6, 6.07) is 53.1. The molecule has 50 heavy (non-hydrogen) atoms. The van der Waals surface area contributed by atoms with Crippen molar-refractivity contribution in [1.82, 2.24) is 4.40 Å². The number of aromatic nitrogens is 1. The zero-order valence-corrected chi connectivity index (χ0v) is 26.5. The van der Waals surface area contributed by atoms with E-state index < -0.39 is 0 Å². The van der Waals surface area contributed by atoms with Crippen LogP contribution in [0.25, 0.3) is 104 Å². The number of fused-ring (bicyclic) bond motifs is 12. The van der Waals surface area contributed by atoms with Crippen molar-refractivity contribution < 1.29 is 4.42 Å². The Morgan fingerprint density at radius 3 is 1.60 bits per heavy atom. The lowest BCUT2D eigenvalue weighted by molar-refractivity contribution is 0.669. The van der Waals surface area contributed by atoms with E-state index in [1.54, 1.807) is 0 Å². The van der Waals surface area contributed by atoms with Crippen molar-refractivity contribution in [3.63, 3.8) is 0 Å². The van der Waals surface area contributed by atoms with E-state index in [1.807, 2.05) is 54.6 Å². The van der Waals surface area contributed by atoms with Crippen molar-refractivity contribution in [3.05, 3.63) is 151 Å². The minimum atomic E-state index is 0.658. The molecule has 0 saturated carbocycles. The van der Waals surface area contributed by atoms with Gasteiger partial charge in [-0.05, 0) is 117 Å². The summed E-state index contributed by atoms with van der Waals surface area (Å²) >= 11 is 0. The fraction of sp³-hybridized carbons (Fsp3) is 0. The first-order valence-electron chi connectivity index (χ1n) is 16.6. The molecule has 0 aliphatic heterocycles. The first kappa shape index (κ1) is 26.9. The van der Waals surface area contributed by atoms with Crippen molar-refractivity contribution in [3.8, 4) is 34.4 Å². The maximum Gasteiger partial charge on any atom is 0.136 e. The maximum absolute atomic E-state index is 9.29. The van der Waals surface area contributed by atoms with Crippen LogP contribution in [-0.4, -0.2) is 4.40 Å². The predicted molar refractivity (Wildman–Crippen MR) is 204 cm³/mol. The summed E-state index contributed by atoms with van der Waals surface area (Å²) in [6.07, 6.45) is 0. The van der Waals surface area contributed by atoms with E-state index in [-0.39, 0.29) is 0 Å². The van der Waals surface area contributed by atoms with Crippen LogP contribution in [0.15, 0.2) is 144 Å². The highest BCUT2D eigenvalue weighted by Crippen LogP contribution is 2.47. The standard InChI is InChI=1S/C46H23N3O/c47-24-26-5-9-28(10-6-26)30-13-15-32-21-40-37(19-34(32)17-30)38-23-43-44(36-3-1-2-4-42(36)50-43)45-39-20-35-18-31(29-11-7-27(25-48)8-12-29)14-16-33(35)22-41(39)49(40)46(38)45/h1-23H. The maximum atomic E-state index is 9.29. The molecule has 0 aliphatic rings. The summed E-state index contributed by atoms with van der Waals surface area (Å²) in [5, 5.41) is 30.3. The highest BCUT2D eigenvalue weighted by Gasteiger charge is 2.24. The molecular formula is C46H23N3O. The summed E-state index contributed by atoms with van der Waals surface area (Å²) in [7, 11) is 0. The Morgan fingerprint density at radius 2 is 0.980 bits per heavy atom. The fourth-order valence-electron chi connectivity index (χ4n) is 8.14. The third-order valence-corrected chi connectivity index (χ3v) is 10.5. The second-order valence-corrected chi connectivity index (χ2v) is 13.2. The number of nitrogens with zero attached hydrogens (tertiary/aromatic N) is 3. The fourth-order valence-corrected chi connectivity index (χ4v) is 8.14. The molecule has 4 nitrogen and oxygen atoms in total. The van der Waals surface area contributed by atoms with Crippen LogP contribution in [0, 0.1) is 22.7 Å². The minimum absolute atomic E-state index is 0.658. The largest absolute Gasteiger partial charge is 0.456 e. The number of hydrogen-bond acceptors (Lipinski definition) is 3. The first-order valence-corrected chi connectivity index (χ1v) is 16.6. The number of para-hydroxylation sites is 1. The van der Waals surface area contributed by atoms with Gasteiger partial charge in [0.05, 0.1) is 39.8 Å². The third kappa shape index (κ3) is 3.62. The minimum Gasteiger partial charge on any atom is -0.456 e. The molecule has 0 fully saturated rings. The molecule has 3 heterocycles. The number of rotatable bonds is 2. The molecule has 0 saturated heterocycles. The van der Waals surface area contributed by atoms with Gasteiger partial charge in [0.15, 0.2) is 0 Å². The zero-order chi connectivity index (χ0) is 33.1. The van der Waals surface area contributed by atoms with Gasteiger partial charge < -0.3 is 8.82 Å². The van der Waals surface area contributed by atoms with Gasteiger partial charge in [-0.15, -0.1) is 0 Å². The topological polar surface area (TPSA) is 65.1 Å². The molecule has 11 aromatic rings. The molecule has 8 aromatic carbocycles. The second kappa shape index (κ2) is 9.70. The van der Waals surface area contributed by atoms with Gasteiger partial charge in [-0.25, -0.2) is 0 Å². The molecular weight excluding hydrogens is 611 g/mol. The Morgan fingerprint density at radius 1 is 0.420 bits per heavy atom. The number of furan rings is 1. The van der Waals surface area contributed by atoms with Crippen LogP contribution in [0.2, 0.25) is 0 Å². The van der Waals surface area contributed by atoms with E-state index in [0.29, 0.717) is 11.1 Å². The van der Waals surface area contributed by atoms with E-state index >= 15 is 0 Å². The van der Waals surface area contributed by atoms with Crippen molar-refractivity contribution in [2.24, 2.45) is 0 Å². The third-order valence-electron chi connectivity index (χ3n) is 10.5. The summed E-state index contributed by atoms with van der Waals surface area (Å²) in [5.74, 6) is 0. The van der Waals surface area contributed by atoms with Crippen LogP contribution in [0.3, 0.4) is 0 Å². The molecule has 0 bridgehead atoms. The Balaban J connectivity index is 1.23. The van der Waals surface area contributed by atoms with Gasteiger partial charge in [-0.3, -0.25) is 0 Å². The Kier molecular flexibility index (Phi) is 5.22. The molecule has 3 aromatic heterocycles. The van der Waals surface area contributed by atoms with Crippen molar-refractivity contribution in [2.45, 2.75) is 0 Å². The average Bonchev–Trinajstić information content (AvgIpc) is 3.81. The van der Waals surface area contributed by atoms with E-state index in [4.69, 9.17) is 4.42 Å². The van der Waals surface area contributed by atoms with Crippen LogP contribution in [-0.2, 0) is 0 Å². The summed E-state index contributed by atoms with van der Waals surface area (Å²) < 4.78 is 9.03. The molecule has 0 unspecified atom stereocenters. The highest BCUT2D eigenvalue weighted by atomic mass is 16.3. The Hall–Kier alpha value is -7.14. The average molecular weight is 634 g/mol. The van der Waals surface area contributed by atoms with Gasteiger partial charge in [0.1, 0.15) is 11.2 Å². The molecule has 228 valence electrons. The molecule has 0 atom stereocenters. The van der Waals surface area contributed by atoms with Crippen LogP contribution in [0.5, 0.6) is 0 Å². The van der Waals surface area contributed by atoms with E-state index in [2.05, 4.69) is 101 Å². The smallest absolute Gasteiger partial charge is 0.136 e. The summed E-state index contributed by atoms with van der Waals surface area (Å²) in [4.78, 5) is 0. The lowest BCUT2D eigenvalue weighted by atomic mass is 9.96. The van der Waals surface area contributed by atoms with Gasteiger partial charge in [0, 0.05) is 32.3 Å². The van der Waals surface area contributed by atoms with Gasteiger partial charge in [-0.2, -0.15) is 10.5 Å². The van der Waals surface area contributed by atoms with E-state index in [0.717, 1.165) is 44.2 Å². The quantitative estimate of drug-likeness (QED) is 0.190. The SMILES string of the molecule is N#Cc1ccc(-c2ccc3cc4c(cc3c2)c2cc3oc5ccccc5c3c3c5cc6cc(-c7ccc(C#N)cc7)ccc6cc5n4c23)cc1. The molecule has 4 heteroatoms. The molecule has 0 amide bonds. The van der Waals surface area contributed by atoms with Gasteiger partial charge in [-0.1, -0.05) is 66.7 Å². The zero-order valence-electron chi connectivity index (χ0n) is 26.5. The monoisotopic (exact) mass is 633 g/mol. The van der Waals surface area contributed by atoms with E-state index in [1.165, 1.54) is 59.6 Å². The van der Waals surface area contributed by atoms with E-state index in [9.17, 15) is 10.5 Å².